The highest BCUT2D eigenvalue weighted by Crippen LogP contribution is 2.16. The normalized spacial score (nSPS) is 14.9. The third-order valence-electron chi connectivity index (χ3n) is 2.32. The first kappa shape index (κ1) is 12.1. The van der Waals surface area contributed by atoms with Gasteiger partial charge in [0.1, 0.15) is 0 Å². The third kappa shape index (κ3) is 4.40. The van der Waals surface area contributed by atoms with E-state index < -0.39 is 0 Å². The molecule has 1 rings (SSSR count). The van der Waals surface area contributed by atoms with Crippen LogP contribution in [0.3, 0.4) is 0 Å². The van der Waals surface area contributed by atoms with Crippen molar-refractivity contribution in [3.05, 3.63) is 30.1 Å². The largest absolute Gasteiger partial charge is 0.392 e. The van der Waals surface area contributed by atoms with Crippen molar-refractivity contribution < 1.29 is 5.11 Å². The molecule has 0 fully saturated rings. The lowest BCUT2D eigenvalue weighted by atomic mass is 10.0. The molecule has 1 heterocycles. The summed E-state index contributed by atoms with van der Waals surface area (Å²) in [6.07, 6.45) is 5.54. The minimum atomic E-state index is -0.305. The molecule has 0 amide bonds. The second-order valence-electron chi connectivity index (χ2n) is 3.88. The summed E-state index contributed by atoms with van der Waals surface area (Å²) in [5, 5.41) is 12.6. The van der Waals surface area contributed by atoms with Gasteiger partial charge in [-0.1, -0.05) is 19.4 Å². The zero-order valence-electron chi connectivity index (χ0n) is 9.48. The second-order valence-corrected chi connectivity index (χ2v) is 3.88. The fraction of sp³-hybridized carbons (Fsp3) is 0.583. The van der Waals surface area contributed by atoms with E-state index in [0.29, 0.717) is 12.6 Å². The molecule has 3 heteroatoms. The average Bonchev–Trinajstić information content (AvgIpc) is 2.25. The van der Waals surface area contributed by atoms with Gasteiger partial charge in [-0.2, -0.15) is 0 Å². The summed E-state index contributed by atoms with van der Waals surface area (Å²) >= 11 is 0. The molecule has 1 aromatic rings. The molecule has 0 aliphatic carbocycles. The van der Waals surface area contributed by atoms with Crippen molar-refractivity contribution >= 4 is 0 Å². The topological polar surface area (TPSA) is 45.1 Å². The molecule has 1 aromatic heterocycles. The lowest BCUT2D eigenvalue weighted by Crippen LogP contribution is -2.28. The summed E-state index contributed by atoms with van der Waals surface area (Å²) in [5.74, 6) is 0. The van der Waals surface area contributed by atoms with Gasteiger partial charge in [-0.3, -0.25) is 4.98 Å². The lowest BCUT2D eigenvalue weighted by Gasteiger charge is -2.19. The Kier molecular flexibility index (Phi) is 5.29. The maximum Gasteiger partial charge on any atom is 0.0636 e. The Bertz CT molecular complexity index is 262. The number of aromatic nitrogens is 1. The quantitative estimate of drug-likeness (QED) is 0.750. The minimum absolute atomic E-state index is 0.304. The molecule has 2 N–H and O–H groups in total. The van der Waals surface area contributed by atoms with Crippen molar-refractivity contribution in [3.8, 4) is 0 Å². The SMILES string of the molecule is CCCC(NC[C@@H](C)O)c1cccnc1. The third-order valence-corrected chi connectivity index (χ3v) is 2.32. The van der Waals surface area contributed by atoms with E-state index in [-0.39, 0.29) is 6.10 Å². The molecule has 3 nitrogen and oxygen atoms in total. The van der Waals surface area contributed by atoms with Crippen molar-refractivity contribution in [1.29, 1.82) is 0 Å². The molecule has 0 aromatic carbocycles. The summed E-state index contributed by atoms with van der Waals surface area (Å²) < 4.78 is 0. The van der Waals surface area contributed by atoms with Gasteiger partial charge in [0.25, 0.3) is 0 Å². The van der Waals surface area contributed by atoms with Gasteiger partial charge in [-0.15, -0.1) is 0 Å². The highest BCUT2D eigenvalue weighted by Gasteiger charge is 2.10. The van der Waals surface area contributed by atoms with E-state index >= 15 is 0 Å². The summed E-state index contributed by atoms with van der Waals surface area (Å²) in [4.78, 5) is 4.11. The minimum Gasteiger partial charge on any atom is -0.392 e. The Labute approximate surface area is 91.5 Å². The zero-order valence-corrected chi connectivity index (χ0v) is 9.48. The maximum absolute atomic E-state index is 9.24. The van der Waals surface area contributed by atoms with Crippen molar-refractivity contribution in [2.45, 2.75) is 38.8 Å². The van der Waals surface area contributed by atoms with Crippen LogP contribution in [0.5, 0.6) is 0 Å². The molecule has 1 unspecified atom stereocenters. The number of aliphatic hydroxyl groups excluding tert-OH is 1. The molecule has 2 atom stereocenters. The molecule has 0 aliphatic rings. The van der Waals surface area contributed by atoms with Gasteiger partial charge < -0.3 is 10.4 Å². The summed E-state index contributed by atoms with van der Waals surface area (Å²) in [6, 6.07) is 4.32. The van der Waals surface area contributed by atoms with Gasteiger partial charge >= 0.3 is 0 Å². The Morgan fingerprint density at radius 3 is 2.87 bits per heavy atom. The molecule has 0 aliphatic heterocycles. The standard InChI is InChI=1S/C12H20N2O/c1-3-5-12(14-8-10(2)15)11-6-4-7-13-9-11/h4,6-7,9-10,12,14-15H,3,5,8H2,1-2H3/t10-,12?/m1/s1. The summed E-state index contributed by atoms with van der Waals surface area (Å²) in [6.45, 7) is 4.58. The number of hydrogen-bond acceptors (Lipinski definition) is 3. The molecular formula is C12H20N2O. The van der Waals surface area contributed by atoms with E-state index in [1.165, 1.54) is 5.56 Å². The van der Waals surface area contributed by atoms with Crippen LogP contribution in [0.1, 0.15) is 38.3 Å². The van der Waals surface area contributed by atoms with E-state index in [1.807, 2.05) is 12.3 Å². The predicted molar refractivity (Wildman–Crippen MR) is 61.6 cm³/mol. The molecule has 0 saturated carbocycles. The molecule has 84 valence electrons. The van der Waals surface area contributed by atoms with E-state index in [9.17, 15) is 5.11 Å². The van der Waals surface area contributed by atoms with Gasteiger partial charge in [0, 0.05) is 25.0 Å². The van der Waals surface area contributed by atoms with Crippen LogP contribution in [0.25, 0.3) is 0 Å². The van der Waals surface area contributed by atoms with Crippen LogP contribution < -0.4 is 5.32 Å². The Morgan fingerprint density at radius 1 is 1.53 bits per heavy atom. The number of aliphatic hydroxyl groups is 1. The van der Waals surface area contributed by atoms with Crippen molar-refractivity contribution in [1.82, 2.24) is 10.3 Å². The van der Waals surface area contributed by atoms with Gasteiger partial charge in [0.05, 0.1) is 6.10 Å². The van der Waals surface area contributed by atoms with E-state index in [4.69, 9.17) is 0 Å². The van der Waals surface area contributed by atoms with Crippen LogP contribution >= 0.6 is 0 Å². The van der Waals surface area contributed by atoms with Gasteiger partial charge in [0.2, 0.25) is 0 Å². The highest BCUT2D eigenvalue weighted by molar-refractivity contribution is 5.13. The fourth-order valence-electron chi connectivity index (χ4n) is 1.57. The smallest absolute Gasteiger partial charge is 0.0636 e. The Morgan fingerprint density at radius 2 is 2.33 bits per heavy atom. The van der Waals surface area contributed by atoms with Crippen LogP contribution in [0, 0.1) is 0 Å². The average molecular weight is 208 g/mol. The first-order valence-corrected chi connectivity index (χ1v) is 5.55. The fourth-order valence-corrected chi connectivity index (χ4v) is 1.57. The molecule has 0 saturated heterocycles. The number of rotatable bonds is 6. The molecule has 0 radical (unpaired) electrons. The van der Waals surface area contributed by atoms with Crippen LogP contribution in [0.2, 0.25) is 0 Å². The molecule has 0 bridgehead atoms. The Hall–Kier alpha value is -0.930. The monoisotopic (exact) mass is 208 g/mol. The summed E-state index contributed by atoms with van der Waals surface area (Å²) in [7, 11) is 0. The number of nitrogens with one attached hydrogen (secondary N) is 1. The van der Waals surface area contributed by atoms with Crippen molar-refractivity contribution in [3.63, 3.8) is 0 Å². The molecular weight excluding hydrogens is 188 g/mol. The number of hydrogen-bond donors (Lipinski definition) is 2. The van der Waals surface area contributed by atoms with Crippen LogP contribution in [0.4, 0.5) is 0 Å². The summed E-state index contributed by atoms with van der Waals surface area (Å²) in [5.41, 5.74) is 1.19. The molecule has 0 spiro atoms. The van der Waals surface area contributed by atoms with E-state index in [1.54, 1.807) is 13.1 Å². The van der Waals surface area contributed by atoms with Crippen molar-refractivity contribution in [2.75, 3.05) is 6.54 Å². The van der Waals surface area contributed by atoms with Crippen LogP contribution in [-0.4, -0.2) is 22.7 Å². The van der Waals surface area contributed by atoms with Crippen molar-refractivity contribution in [2.24, 2.45) is 0 Å². The lowest BCUT2D eigenvalue weighted by molar-refractivity contribution is 0.185. The first-order chi connectivity index (χ1) is 7.24. The van der Waals surface area contributed by atoms with Gasteiger partial charge in [-0.25, -0.2) is 0 Å². The Balaban J connectivity index is 2.57. The number of pyridine rings is 1. The zero-order chi connectivity index (χ0) is 11.1. The first-order valence-electron chi connectivity index (χ1n) is 5.55. The second kappa shape index (κ2) is 6.53. The van der Waals surface area contributed by atoms with E-state index in [0.717, 1.165) is 12.8 Å². The van der Waals surface area contributed by atoms with Gasteiger partial charge in [0.15, 0.2) is 0 Å². The highest BCUT2D eigenvalue weighted by atomic mass is 16.3. The molecule has 15 heavy (non-hydrogen) atoms. The predicted octanol–water partition coefficient (Wildman–Crippen LogP) is 1.89. The maximum atomic E-state index is 9.24. The van der Waals surface area contributed by atoms with Crippen LogP contribution in [0.15, 0.2) is 24.5 Å². The number of nitrogens with zero attached hydrogens (tertiary/aromatic N) is 1. The van der Waals surface area contributed by atoms with Gasteiger partial charge in [-0.05, 0) is 25.0 Å². The van der Waals surface area contributed by atoms with Crippen LogP contribution in [-0.2, 0) is 0 Å². The van der Waals surface area contributed by atoms with E-state index in [2.05, 4.69) is 23.3 Å².